The fourth-order valence-electron chi connectivity index (χ4n) is 4.55. The third kappa shape index (κ3) is 7.05. The molecule has 8 nitrogen and oxygen atoms in total. The molecule has 0 amide bonds. The van der Waals surface area contributed by atoms with Crippen molar-refractivity contribution in [1.29, 1.82) is 0 Å². The van der Waals surface area contributed by atoms with E-state index >= 15 is 0 Å². The topological polar surface area (TPSA) is 100 Å². The van der Waals surface area contributed by atoms with Crippen LogP contribution in [0.2, 0.25) is 25.7 Å². The van der Waals surface area contributed by atoms with Crippen molar-refractivity contribution in [2.75, 3.05) is 17.7 Å². The Morgan fingerprint density at radius 1 is 1.10 bits per heavy atom. The highest BCUT2D eigenvalue weighted by Gasteiger charge is 2.31. The molecule has 0 saturated heterocycles. The highest BCUT2D eigenvalue weighted by atomic mass is 28.3. The standard InChI is InChI=1S/C30H37FN6O2Si/c1-40(2,3)16-15-38-20-37-29(35-28-19-33-13-14-34-28)18-26(36-37)23-9-12-25(32)27(17-23)39-30(21-5-4-6-21)22-7-10-24(31)11-8-22/h7-14,17-19,21,30H,4-6,15-16,20,32H2,1-3H3,(H,34,35). The van der Waals surface area contributed by atoms with Gasteiger partial charge in [-0.2, -0.15) is 5.10 Å². The molecule has 0 radical (unpaired) electrons. The number of ether oxygens (including phenoxy) is 2. The van der Waals surface area contributed by atoms with Gasteiger partial charge in [0.1, 0.15) is 36.0 Å². The van der Waals surface area contributed by atoms with Crippen LogP contribution in [0.5, 0.6) is 5.75 Å². The van der Waals surface area contributed by atoms with E-state index in [9.17, 15) is 4.39 Å². The molecule has 2 aromatic heterocycles. The second-order valence-corrected chi connectivity index (χ2v) is 17.1. The van der Waals surface area contributed by atoms with Crippen molar-refractivity contribution in [3.8, 4) is 17.0 Å². The van der Waals surface area contributed by atoms with Gasteiger partial charge >= 0.3 is 0 Å². The summed E-state index contributed by atoms with van der Waals surface area (Å²) in [6.07, 6.45) is 8.04. The highest BCUT2D eigenvalue weighted by Crippen LogP contribution is 2.42. The monoisotopic (exact) mass is 560 g/mol. The third-order valence-corrected chi connectivity index (χ3v) is 8.85. The molecule has 0 bridgehead atoms. The van der Waals surface area contributed by atoms with Crippen molar-refractivity contribution in [3.05, 3.63) is 78.5 Å². The summed E-state index contributed by atoms with van der Waals surface area (Å²) in [4.78, 5) is 8.49. The predicted molar refractivity (Wildman–Crippen MR) is 159 cm³/mol. The number of hydrogen-bond donors (Lipinski definition) is 2. The zero-order valence-corrected chi connectivity index (χ0v) is 24.3. The Balaban J connectivity index is 1.40. The van der Waals surface area contributed by atoms with Crippen molar-refractivity contribution >= 4 is 25.4 Å². The molecular formula is C30H37FN6O2Si. The predicted octanol–water partition coefficient (Wildman–Crippen LogP) is 7.04. The molecule has 40 heavy (non-hydrogen) atoms. The van der Waals surface area contributed by atoms with Crippen LogP contribution in [0.1, 0.15) is 30.9 Å². The Kier molecular flexibility index (Phi) is 8.46. The van der Waals surface area contributed by atoms with E-state index < -0.39 is 8.07 Å². The van der Waals surface area contributed by atoms with Crippen molar-refractivity contribution in [1.82, 2.24) is 19.7 Å². The van der Waals surface area contributed by atoms with E-state index in [2.05, 4.69) is 34.9 Å². The Morgan fingerprint density at radius 3 is 2.58 bits per heavy atom. The fourth-order valence-corrected chi connectivity index (χ4v) is 5.30. The van der Waals surface area contributed by atoms with Crippen molar-refractivity contribution in [2.24, 2.45) is 5.92 Å². The van der Waals surface area contributed by atoms with Gasteiger partial charge in [-0.1, -0.05) is 44.3 Å². The van der Waals surface area contributed by atoms with Gasteiger partial charge in [-0.05, 0) is 48.7 Å². The summed E-state index contributed by atoms with van der Waals surface area (Å²) < 4.78 is 28.0. The number of benzene rings is 2. The molecule has 2 aromatic carbocycles. The van der Waals surface area contributed by atoms with Crippen LogP contribution < -0.4 is 15.8 Å². The number of nitrogen functional groups attached to an aromatic ring is 1. The lowest BCUT2D eigenvalue weighted by Crippen LogP contribution is -2.25. The molecule has 1 aliphatic carbocycles. The van der Waals surface area contributed by atoms with E-state index in [4.69, 9.17) is 20.3 Å². The number of halogens is 1. The van der Waals surface area contributed by atoms with Gasteiger partial charge < -0.3 is 20.5 Å². The first-order valence-electron chi connectivity index (χ1n) is 13.8. The number of anilines is 3. The number of nitrogens with zero attached hydrogens (tertiary/aromatic N) is 4. The molecule has 1 unspecified atom stereocenters. The first-order valence-corrected chi connectivity index (χ1v) is 17.5. The molecule has 4 aromatic rings. The van der Waals surface area contributed by atoms with Gasteiger partial charge in [0.2, 0.25) is 0 Å². The summed E-state index contributed by atoms with van der Waals surface area (Å²) in [5, 5.41) is 8.15. The molecule has 5 rings (SSSR count). The summed E-state index contributed by atoms with van der Waals surface area (Å²) in [7, 11) is -1.21. The summed E-state index contributed by atoms with van der Waals surface area (Å²) in [5.74, 6) is 2.04. The summed E-state index contributed by atoms with van der Waals surface area (Å²) in [5.41, 5.74) is 9.47. The van der Waals surface area contributed by atoms with Crippen LogP contribution in [0.15, 0.2) is 67.1 Å². The first-order chi connectivity index (χ1) is 19.2. The van der Waals surface area contributed by atoms with E-state index in [1.165, 1.54) is 18.6 Å². The molecule has 1 aliphatic rings. The van der Waals surface area contributed by atoms with E-state index in [-0.39, 0.29) is 11.9 Å². The second kappa shape index (κ2) is 12.2. The number of nitrogens with one attached hydrogen (secondary N) is 1. The number of hydrogen-bond acceptors (Lipinski definition) is 7. The summed E-state index contributed by atoms with van der Waals surface area (Å²) >= 11 is 0. The zero-order chi connectivity index (χ0) is 28.1. The average Bonchev–Trinajstić information content (AvgIpc) is 3.29. The minimum Gasteiger partial charge on any atom is -0.483 e. The quantitative estimate of drug-likeness (QED) is 0.109. The summed E-state index contributed by atoms with van der Waals surface area (Å²) in [6, 6.07) is 15.3. The molecule has 1 atom stereocenters. The van der Waals surface area contributed by atoms with E-state index in [1.54, 1.807) is 35.4 Å². The SMILES string of the molecule is C[Si](C)(C)CCOCn1nc(-c2ccc(N)c(OC(c3ccc(F)cc3)C3CCC3)c2)cc1Nc1cnccn1. The molecule has 1 fully saturated rings. The molecule has 10 heteroatoms. The maximum absolute atomic E-state index is 13.6. The van der Waals surface area contributed by atoms with E-state index in [0.29, 0.717) is 36.5 Å². The van der Waals surface area contributed by atoms with Gasteiger partial charge in [-0.25, -0.2) is 14.1 Å². The molecule has 2 heterocycles. The fraction of sp³-hybridized carbons (Fsp3) is 0.367. The zero-order valence-electron chi connectivity index (χ0n) is 23.3. The molecule has 3 N–H and O–H groups in total. The maximum Gasteiger partial charge on any atom is 0.150 e. The van der Waals surface area contributed by atoms with Crippen LogP contribution in [-0.4, -0.2) is 34.4 Å². The lowest BCUT2D eigenvalue weighted by atomic mass is 9.78. The normalized spacial score (nSPS) is 14.5. The summed E-state index contributed by atoms with van der Waals surface area (Å²) in [6.45, 7) is 7.97. The molecule has 1 saturated carbocycles. The molecule has 210 valence electrons. The average molecular weight is 561 g/mol. The minimum absolute atomic E-state index is 0.196. The molecule has 0 aliphatic heterocycles. The van der Waals surface area contributed by atoms with Gasteiger partial charge in [0.05, 0.1) is 17.6 Å². The Labute approximate surface area is 235 Å². The lowest BCUT2D eigenvalue weighted by molar-refractivity contribution is 0.0803. The van der Waals surface area contributed by atoms with Crippen LogP contribution in [0.4, 0.5) is 21.7 Å². The lowest BCUT2D eigenvalue weighted by Gasteiger charge is -2.34. The van der Waals surface area contributed by atoms with Crippen LogP contribution >= 0.6 is 0 Å². The smallest absolute Gasteiger partial charge is 0.150 e. The largest absolute Gasteiger partial charge is 0.483 e. The van der Waals surface area contributed by atoms with Gasteiger partial charge in [0.15, 0.2) is 0 Å². The highest BCUT2D eigenvalue weighted by molar-refractivity contribution is 6.76. The molecule has 0 spiro atoms. The van der Waals surface area contributed by atoms with Crippen molar-refractivity contribution in [2.45, 2.75) is 57.8 Å². The Morgan fingerprint density at radius 2 is 1.90 bits per heavy atom. The van der Waals surface area contributed by atoms with Gasteiger partial charge in [0, 0.05) is 44.6 Å². The maximum atomic E-state index is 13.6. The van der Waals surface area contributed by atoms with Gasteiger partial charge in [-0.3, -0.25) is 4.98 Å². The van der Waals surface area contributed by atoms with Crippen molar-refractivity contribution < 1.29 is 13.9 Å². The van der Waals surface area contributed by atoms with Crippen LogP contribution in [0.25, 0.3) is 11.3 Å². The number of aromatic nitrogens is 4. The van der Waals surface area contributed by atoms with Crippen molar-refractivity contribution in [3.63, 3.8) is 0 Å². The number of nitrogens with two attached hydrogens (primary N) is 1. The molecular weight excluding hydrogens is 523 g/mol. The van der Waals surface area contributed by atoms with Gasteiger partial charge in [-0.15, -0.1) is 0 Å². The van der Waals surface area contributed by atoms with Crippen LogP contribution in [0, 0.1) is 11.7 Å². The van der Waals surface area contributed by atoms with E-state index in [1.807, 2.05) is 24.3 Å². The number of rotatable bonds is 12. The van der Waals surface area contributed by atoms with E-state index in [0.717, 1.165) is 41.5 Å². The Hall–Kier alpha value is -3.76. The third-order valence-electron chi connectivity index (χ3n) is 7.15. The minimum atomic E-state index is -1.21. The van der Waals surface area contributed by atoms with Gasteiger partial charge in [0.25, 0.3) is 0 Å². The van der Waals surface area contributed by atoms with Crippen LogP contribution in [-0.2, 0) is 11.5 Å². The Bertz CT molecular complexity index is 1400. The second-order valence-electron chi connectivity index (χ2n) is 11.5. The first kappa shape index (κ1) is 27.8. The van der Waals surface area contributed by atoms with Crippen LogP contribution in [0.3, 0.4) is 0 Å².